The molecule has 0 spiro atoms. The molecule has 7 nitrogen and oxygen atoms in total. The first-order valence-corrected chi connectivity index (χ1v) is 12.0. The molecule has 2 saturated heterocycles. The van der Waals surface area contributed by atoms with E-state index in [1.54, 1.807) is 0 Å². The second-order valence-corrected chi connectivity index (χ2v) is 9.15. The average Bonchev–Trinajstić information content (AvgIpc) is 3.35. The molecule has 0 aliphatic carbocycles. The summed E-state index contributed by atoms with van der Waals surface area (Å²) in [7, 11) is 0. The minimum atomic E-state index is -0.926. The van der Waals surface area contributed by atoms with E-state index in [0.29, 0.717) is 23.7 Å². The molecule has 8 heteroatoms. The molecule has 0 saturated carbocycles. The maximum atomic E-state index is 13.5. The van der Waals surface area contributed by atoms with Crippen LogP contribution >= 0.6 is 11.6 Å². The van der Waals surface area contributed by atoms with E-state index in [1.165, 1.54) is 0 Å². The summed E-state index contributed by atoms with van der Waals surface area (Å²) in [6.45, 7) is 6.54. The highest BCUT2D eigenvalue weighted by Crippen LogP contribution is 2.49. The van der Waals surface area contributed by atoms with Crippen LogP contribution in [0.1, 0.15) is 27.9 Å². The van der Waals surface area contributed by atoms with Crippen molar-refractivity contribution in [3.63, 3.8) is 0 Å². The summed E-state index contributed by atoms with van der Waals surface area (Å²) in [6, 6.07) is 15.1. The van der Waals surface area contributed by atoms with Crippen LogP contribution < -0.4 is 5.32 Å². The maximum absolute atomic E-state index is 13.5. The lowest BCUT2D eigenvalue weighted by molar-refractivity contribution is -0.135. The Balaban J connectivity index is 1.34. The molecule has 3 aliphatic rings. The van der Waals surface area contributed by atoms with Gasteiger partial charge in [0, 0.05) is 47.9 Å². The van der Waals surface area contributed by atoms with Crippen molar-refractivity contribution < 1.29 is 14.3 Å². The van der Waals surface area contributed by atoms with E-state index in [4.69, 9.17) is 16.3 Å². The van der Waals surface area contributed by atoms with E-state index in [-0.39, 0.29) is 18.4 Å². The largest absolute Gasteiger partial charge is 0.379 e. The summed E-state index contributed by atoms with van der Waals surface area (Å²) >= 11 is 6.16. The average molecular weight is 469 g/mol. The Morgan fingerprint density at radius 1 is 1.03 bits per heavy atom. The van der Waals surface area contributed by atoms with E-state index in [1.807, 2.05) is 58.3 Å². The lowest BCUT2D eigenvalue weighted by atomic mass is 9.90. The van der Waals surface area contributed by atoms with Crippen molar-refractivity contribution in [2.75, 3.05) is 59.0 Å². The van der Waals surface area contributed by atoms with Gasteiger partial charge in [-0.2, -0.15) is 0 Å². The third kappa shape index (κ3) is 3.93. The number of benzene rings is 2. The van der Waals surface area contributed by atoms with Crippen LogP contribution in [-0.4, -0.2) is 85.5 Å². The van der Waals surface area contributed by atoms with Crippen molar-refractivity contribution >= 4 is 23.4 Å². The summed E-state index contributed by atoms with van der Waals surface area (Å²) in [5.74, 6) is -0.0438. The molecule has 1 unspecified atom stereocenters. The highest BCUT2D eigenvalue weighted by Gasteiger charge is 2.59. The van der Waals surface area contributed by atoms with Gasteiger partial charge in [0.1, 0.15) is 0 Å². The van der Waals surface area contributed by atoms with Crippen LogP contribution in [0.25, 0.3) is 0 Å². The van der Waals surface area contributed by atoms with Gasteiger partial charge < -0.3 is 19.9 Å². The molecule has 174 valence electrons. The van der Waals surface area contributed by atoms with Crippen molar-refractivity contribution in [1.82, 2.24) is 20.0 Å². The highest BCUT2D eigenvalue weighted by molar-refractivity contribution is 6.30. The Morgan fingerprint density at radius 2 is 1.79 bits per heavy atom. The molecule has 1 atom stereocenters. The predicted molar refractivity (Wildman–Crippen MR) is 126 cm³/mol. The molecule has 2 fully saturated rings. The predicted octanol–water partition coefficient (Wildman–Crippen LogP) is 2.15. The number of rotatable bonds is 7. The molecule has 5 rings (SSSR count). The summed E-state index contributed by atoms with van der Waals surface area (Å²) in [5.41, 5.74) is 1.47. The van der Waals surface area contributed by atoms with E-state index in [2.05, 4.69) is 10.2 Å². The van der Waals surface area contributed by atoms with E-state index < -0.39 is 5.66 Å². The number of ether oxygens (including phenoxy) is 1. The molecule has 1 N–H and O–H groups in total. The van der Waals surface area contributed by atoms with Gasteiger partial charge in [0.25, 0.3) is 5.91 Å². The highest BCUT2D eigenvalue weighted by atomic mass is 35.5. The molecule has 2 aromatic carbocycles. The van der Waals surface area contributed by atoms with Crippen LogP contribution in [0.3, 0.4) is 0 Å². The van der Waals surface area contributed by atoms with Crippen LogP contribution in [0.15, 0.2) is 48.5 Å². The van der Waals surface area contributed by atoms with Gasteiger partial charge in [0.15, 0.2) is 5.66 Å². The topological polar surface area (TPSA) is 65.1 Å². The van der Waals surface area contributed by atoms with Crippen LogP contribution in [0, 0.1) is 0 Å². The van der Waals surface area contributed by atoms with Gasteiger partial charge in [-0.05, 0) is 37.7 Å². The Bertz CT molecular complexity index is 1020. The van der Waals surface area contributed by atoms with Crippen LogP contribution in [0.4, 0.5) is 0 Å². The standard InChI is InChI=1S/C25H29ClN4O3/c26-20-8-6-19(7-9-20)25-22-5-2-1-4-21(22)24(32)30(25)13-12-29(25)23(31)18-27-10-3-11-28-14-16-33-17-15-28/h1-2,4-9,27H,3,10-18H2. The lowest BCUT2D eigenvalue weighted by Crippen LogP contribution is -2.53. The number of carbonyl (C=O) groups excluding carboxylic acids is 2. The van der Waals surface area contributed by atoms with Gasteiger partial charge in [-0.15, -0.1) is 0 Å². The Morgan fingerprint density at radius 3 is 2.58 bits per heavy atom. The third-order valence-corrected chi connectivity index (χ3v) is 7.11. The molecular weight excluding hydrogens is 440 g/mol. The zero-order valence-electron chi connectivity index (χ0n) is 18.6. The molecule has 0 radical (unpaired) electrons. The Hall–Kier alpha value is -2.45. The fourth-order valence-electron chi connectivity index (χ4n) is 5.33. The minimum absolute atomic E-state index is 0.0108. The first-order valence-electron chi connectivity index (χ1n) is 11.6. The number of hydrogen-bond acceptors (Lipinski definition) is 5. The number of halogens is 1. The molecule has 0 aromatic heterocycles. The van der Waals surface area contributed by atoms with Gasteiger partial charge in [0.2, 0.25) is 5.91 Å². The summed E-state index contributed by atoms with van der Waals surface area (Å²) in [5, 5.41) is 3.94. The smallest absolute Gasteiger partial charge is 0.256 e. The Labute approximate surface area is 199 Å². The fraction of sp³-hybridized carbons (Fsp3) is 0.440. The van der Waals surface area contributed by atoms with Crippen molar-refractivity contribution in [2.45, 2.75) is 12.1 Å². The van der Waals surface area contributed by atoms with E-state index >= 15 is 0 Å². The number of amides is 2. The minimum Gasteiger partial charge on any atom is -0.379 e. The monoisotopic (exact) mass is 468 g/mol. The maximum Gasteiger partial charge on any atom is 0.256 e. The van der Waals surface area contributed by atoms with Crippen molar-refractivity contribution in [3.05, 3.63) is 70.2 Å². The SMILES string of the molecule is O=C(CNCCCN1CCOCC1)N1CCN2C(=O)c3ccccc3C12c1ccc(Cl)cc1. The normalized spacial score (nSPS) is 22.5. The molecule has 2 amide bonds. The van der Waals surface area contributed by atoms with Crippen LogP contribution in [0.5, 0.6) is 0 Å². The molecule has 3 heterocycles. The molecule has 33 heavy (non-hydrogen) atoms. The van der Waals surface area contributed by atoms with Crippen molar-refractivity contribution in [2.24, 2.45) is 0 Å². The molecular formula is C25H29ClN4O3. The zero-order valence-corrected chi connectivity index (χ0v) is 19.4. The number of morpholine rings is 1. The van der Waals surface area contributed by atoms with Gasteiger partial charge in [-0.25, -0.2) is 0 Å². The number of hydrogen-bond donors (Lipinski definition) is 1. The van der Waals surface area contributed by atoms with Gasteiger partial charge in [0.05, 0.1) is 19.8 Å². The number of fused-ring (bicyclic) bond motifs is 3. The lowest BCUT2D eigenvalue weighted by Gasteiger charge is -2.40. The summed E-state index contributed by atoms with van der Waals surface area (Å²) in [4.78, 5) is 32.8. The van der Waals surface area contributed by atoms with Gasteiger partial charge >= 0.3 is 0 Å². The second-order valence-electron chi connectivity index (χ2n) is 8.71. The zero-order chi connectivity index (χ0) is 22.8. The fourth-order valence-corrected chi connectivity index (χ4v) is 5.45. The second kappa shape index (κ2) is 9.43. The third-order valence-electron chi connectivity index (χ3n) is 6.86. The van der Waals surface area contributed by atoms with Crippen molar-refractivity contribution in [1.29, 1.82) is 0 Å². The van der Waals surface area contributed by atoms with Crippen molar-refractivity contribution in [3.8, 4) is 0 Å². The van der Waals surface area contributed by atoms with Crippen LogP contribution in [-0.2, 0) is 15.2 Å². The quantitative estimate of drug-likeness (QED) is 0.631. The first-order chi connectivity index (χ1) is 16.1. The number of nitrogens with zero attached hydrogens (tertiary/aromatic N) is 3. The molecule has 3 aliphatic heterocycles. The molecule has 2 aromatic rings. The van der Waals surface area contributed by atoms with Gasteiger partial charge in [-0.3, -0.25) is 14.5 Å². The number of nitrogens with one attached hydrogen (secondary N) is 1. The number of carbonyl (C=O) groups is 2. The Kier molecular flexibility index (Phi) is 6.38. The van der Waals surface area contributed by atoms with Gasteiger partial charge in [-0.1, -0.05) is 41.9 Å². The summed E-state index contributed by atoms with van der Waals surface area (Å²) in [6.07, 6.45) is 0.975. The summed E-state index contributed by atoms with van der Waals surface area (Å²) < 4.78 is 5.39. The molecule has 0 bridgehead atoms. The van der Waals surface area contributed by atoms with E-state index in [9.17, 15) is 9.59 Å². The van der Waals surface area contributed by atoms with E-state index in [0.717, 1.165) is 56.9 Å². The first kappa shape index (κ1) is 22.3. The van der Waals surface area contributed by atoms with Crippen LogP contribution in [0.2, 0.25) is 5.02 Å².